The number of carboxylic acids is 1. The summed E-state index contributed by atoms with van der Waals surface area (Å²) in [4.78, 5) is 14.3. The van der Waals surface area contributed by atoms with Gasteiger partial charge in [0.1, 0.15) is 0 Å². The quantitative estimate of drug-likeness (QED) is 0.800. The predicted molar refractivity (Wildman–Crippen MR) is 62.4 cm³/mol. The van der Waals surface area contributed by atoms with Crippen molar-refractivity contribution in [2.45, 2.75) is 19.3 Å². The highest BCUT2D eigenvalue weighted by molar-refractivity contribution is 5.66. The van der Waals surface area contributed by atoms with Crippen LogP contribution in [0.4, 0.5) is 11.7 Å². The molecule has 0 saturated carbocycles. The van der Waals surface area contributed by atoms with E-state index in [1.165, 1.54) is 0 Å². The smallest absolute Gasteiger partial charge is 0.320 e. The van der Waals surface area contributed by atoms with E-state index in [1.54, 1.807) is 18.5 Å². The van der Waals surface area contributed by atoms with Gasteiger partial charge in [-0.15, -0.1) is 5.10 Å². The molecule has 7 nitrogen and oxygen atoms in total. The zero-order valence-corrected chi connectivity index (χ0v) is 9.54. The molecule has 0 spiro atoms. The lowest BCUT2D eigenvalue weighted by Crippen LogP contribution is -1.95. The molecule has 2 aromatic rings. The molecule has 0 aliphatic carbocycles. The third kappa shape index (κ3) is 3.55. The Kier molecular flexibility index (Phi) is 3.85. The topological polar surface area (TPSA) is 101 Å². The van der Waals surface area contributed by atoms with E-state index in [0.717, 1.165) is 5.69 Å². The molecule has 0 aromatic carbocycles. The number of aromatic nitrogens is 3. The average Bonchev–Trinajstić information content (AvgIpc) is 2.78. The summed E-state index contributed by atoms with van der Waals surface area (Å²) in [6, 6.07) is 3.88. The number of carboxylic acid groups (broad SMARTS) is 1. The maximum absolute atomic E-state index is 10.3. The molecule has 2 N–H and O–H groups in total. The van der Waals surface area contributed by atoms with Crippen LogP contribution in [-0.4, -0.2) is 26.3 Å². The number of rotatable bonds is 6. The minimum Gasteiger partial charge on any atom is -0.481 e. The molecule has 0 unspecified atom stereocenters. The molecule has 0 aliphatic rings. The number of hydrogen-bond donors (Lipinski definition) is 2. The van der Waals surface area contributed by atoms with Gasteiger partial charge in [0, 0.05) is 19.0 Å². The number of aliphatic carboxylic acids is 1. The van der Waals surface area contributed by atoms with Crippen molar-refractivity contribution in [1.82, 2.24) is 15.2 Å². The third-order valence-electron chi connectivity index (χ3n) is 2.16. The van der Waals surface area contributed by atoms with Gasteiger partial charge < -0.3 is 14.8 Å². The molecule has 0 amide bonds. The van der Waals surface area contributed by atoms with Crippen LogP contribution >= 0.6 is 0 Å². The second-order valence-electron chi connectivity index (χ2n) is 3.61. The van der Waals surface area contributed by atoms with E-state index in [9.17, 15) is 4.79 Å². The van der Waals surface area contributed by atoms with E-state index in [4.69, 9.17) is 9.52 Å². The molecule has 2 aromatic heterocycles. The standard InChI is InChI=1S/C11H12N4O3/c16-10(17)5-1-4-9-14-15-11(18-9)13-8-3-2-6-12-7-8/h2-3,6-7H,1,4-5H2,(H,13,15)(H,16,17). The first-order chi connectivity index (χ1) is 8.74. The molecule has 2 heterocycles. The SMILES string of the molecule is O=C(O)CCCc1nnc(Nc2cccnc2)o1. The van der Waals surface area contributed by atoms with Crippen LogP contribution in [0.15, 0.2) is 28.9 Å². The van der Waals surface area contributed by atoms with Crippen LogP contribution in [-0.2, 0) is 11.2 Å². The molecule has 18 heavy (non-hydrogen) atoms. The zero-order valence-electron chi connectivity index (χ0n) is 9.54. The first kappa shape index (κ1) is 12.0. The van der Waals surface area contributed by atoms with Crippen molar-refractivity contribution in [1.29, 1.82) is 0 Å². The summed E-state index contributed by atoms with van der Waals surface area (Å²) in [5.74, 6) is -0.411. The maximum atomic E-state index is 10.3. The van der Waals surface area contributed by atoms with Crippen molar-refractivity contribution < 1.29 is 14.3 Å². The van der Waals surface area contributed by atoms with E-state index in [-0.39, 0.29) is 12.4 Å². The average molecular weight is 248 g/mol. The van der Waals surface area contributed by atoms with Gasteiger partial charge in [-0.1, -0.05) is 5.10 Å². The Balaban J connectivity index is 1.88. The van der Waals surface area contributed by atoms with Gasteiger partial charge in [-0.2, -0.15) is 0 Å². The van der Waals surface area contributed by atoms with Crippen LogP contribution < -0.4 is 5.32 Å². The van der Waals surface area contributed by atoms with Gasteiger partial charge in [-0.25, -0.2) is 0 Å². The van der Waals surface area contributed by atoms with E-state index >= 15 is 0 Å². The van der Waals surface area contributed by atoms with E-state index < -0.39 is 5.97 Å². The lowest BCUT2D eigenvalue weighted by Gasteiger charge is -1.98. The Morgan fingerprint density at radius 3 is 3.06 bits per heavy atom. The number of aryl methyl sites for hydroxylation is 1. The summed E-state index contributed by atoms with van der Waals surface area (Å²) < 4.78 is 5.32. The number of nitrogens with one attached hydrogen (secondary N) is 1. The minimum absolute atomic E-state index is 0.0910. The van der Waals surface area contributed by atoms with E-state index in [1.807, 2.05) is 6.07 Å². The first-order valence-corrected chi connectivity index (χ1v) is 5.45. The van der Waals surface area contributed by atoms with Gasteiger partial charge >= 0.3 is 12.0 Å². The number of pyridine rings is 1. The molecule has 2 rings (SSSR count). The monoisotopic (exact) mass is 248 g/mol. The molecule has 0 radical (unpaired) electrons. The highest BCUT2D eigenvalue weighted by Gasteiger charge is 2.07. The van der Waals surface area contributed by atoms with Crippen LogP contribution in [0, 0.1) is 0 Å². The summed E-state index contributed by atoms with van der Waals surface area (Å²) in [5, 5.41) is 19.0. The number of anilines is 2. The van der Waals surface area contributed by atoms with Gasteiger partial charge in [0.05, 0.1) is 11.9 Å². The summed E-state index contributed by atoms with van der Waals surface area (Å²) >= 11 is 0. The second kappa shape index (κ2) is 5.76. The second-order valence-corrected chi connectivity index (χ2v) is 3.61. The Bertz CT molecular complexity index is 512. The predicted octanol–water partition coefficient (Wildman–Crippen LogP) is 1.62. The van der Waals surface area contributed by atoms with Crippen molar-refractivity contribution in [2.24, 2.45) is 0 Å². The fraction of sp³-hybridized carbons (Fsp3) is 0.273. The number of hydrogen-bond acceptors (Lipinski definition) is 6. The number of nitrogens with zero attached hydrogens (tertiary/aromatic N) is 3. The molecule has 0 bridgehead atoms. The molecule has 0 fully saturated rings. The summed E-state index contributed by atoms with van der Waals surface area (Å²) in [6.45, 7) is 0. The summed E-state index contributed by atoms with van der Waals surface area (Å²) in [5.41, 5.74) is 0.748. The number of carbonyl (C=O) groups is 1. The lowest BCUT2D eigenvalue weighted by atomic mass is 10.2. The highest BCUT2D eigenvalue weighted by atomic mass is 16.4. The van der Waals surface area contributed by atoms with Crippen LogP contribution in [0.25, 0.3) is 0 Å². The van der Waals surface area contributed by atoms with Crippen molar-refractivity contribution in [3.8, 4) is 0 Å². The molecule has 7 heteroatoms. The van der Waals surface area contributed by atoms with Crippen LogP contribution in [0.5, 0.6) is 0 Å². The van der Waals surface area contributed by atoms with Gasteiger partial charge in [-0.3, -0.25) is 9.78 Å². The van der Waals surface area contributed by atoms with Crippen molar-refractivity contribution >= 4 is 17.7 Å². The van der Waals surface area contributed by atoms with Crippen molar-refractivity contribution in [2.75, 3.05) is 5.32 Å². The minimum atomic E-state index is -0.830. The van der Waals surface area contributed by atoms with E-state index in [0.29, 0.717) is 18.7 Å². The fourth-order valence-electron chi connectivity index (χ4n) is 1.36. The largest absolute Gasteiger partial charge is 0.481 e. The zero-order chi connectivity index (χ0) is 12.8. The summed E-state index contributed by atoms with van der Waals surface area (Å²) in [7, 11) is 0. The Morgan fingerprint density at radius 2 is 2.33 bits per heavy atom. The highest BCUT2D eigenvalue weighted by Crippen LogP contribution is 2.14. The van der Waals surface area contributed by atoms with Crippen LogP contribution in [0.1, 0.15) is 18.7 Å². The van der Waals surface area contributed by atoms with Gasteiger partial charge in [-0.05, 0) is 18.6 Å². The van der Waals surface area contributed by atoms with Crippen LogP contribution in [0.2, 0.25) is 0 Å². The van der Waals surface area contributed by atoms with Gasteiger partial charge in [0.25, 0.3) is 0 Å². The normalized spacial score (nSPS) is 10.2. The molecule has 94 valence electrons. The van der Waals surface area contributed by atoms with Crippen molar-refractivity contribution in [3.63, 3.8) is 0 Å². The van der Waals surface area contributed by atoms with Crippen molar-refractivity contribution in [3.05, 3.63) is 30.4 Å². The lowest BCUT2D eigenvalue weighted by molar-refractivity contribution is -0.137. The van der Waals surface area contributed by atoms with E-state index in [2.05, 4.69) is 20.5 Å². The maximum Gasteiger partial charge on any atom is 0.320 e. The molecular weight excluding hydrogens is 236 g/mol. The summed E-state index contributed by atoms with van der Waals surface area (Å²) in [6.07, 6.45) is 4.32. The first-order valence-electron chi connectivity index (χ1n) is 5.45. The van der Waals surface area contributed by atoms with Crippen LogP contribution in [0.3, 0.4) is 0 Å². The Morgan fingerprint density at radius 1 is 1.44 bits per heavy atom. The third-order valence-corrected chi connectivity index (χ3v) is 2.16. The van der Waals surface area contributed by atoms with Gasteiger partial charge in [0.15, 0.2) is 0 Å². The molecule has 0 atom stereocenters. The fourth-order valence-corrected chi connectivity index (χ4v) is 1.36. The Labute approximate surface area is 103 Å². The molecule has 0 saturated heterocycles. The van der Waals surface area contributed by atoms with Gasteiger partial charge in [0.2, 0.25) is 5.89 Å². The molecular formula is C11H12N4O3. The Hall–Kier alpha value is -2.44. The molecule has 0 aliphatic heterocycles.